The van der Waals surface area contributed by atoms with E-state index in [1.54, 1.807) is 23.4 Å². The summed E-state index contributed by atoms with van der Waals surface area (Å²) in [5.41, 5.74) is 0.720. The van der Waals surface area contributed by atoms with Gasteiger partial charge in [0.2, 0.25) is 5.82 Å². The van der Waals surface area contributed by atoms with Crippen molar-refractivity contribution in [2.45, 2.75) is 6.10 Å². The van der Waals surface area contributed by atoms with Crippen LogP contribution in [0.25, 0.3) is 11.4 Å². The highest BCUT2D eigenvalue weighted by atomic mass is 35.5. The lowest BCUT2D eigenvalue weighted by molar-refractivity contribution is -0.142. The first kappa shape index (κ1) is 19.3. The van der Waals surface area contributed by atoms with Crippen LogP contribution in [0.3, 0.4) is 0 Å². The fourth-order valence-electron chi connectivity index (χ4n) is 2.81. The number of halogens is 2. The Labute approximate surface area is 170 Å². The summed E-state index contributed by atoms with van der Waals surface area (Å²) in [5, 5.41) is 3.88. The van der Waals surface area contributed by atoms with Crippen LogP contribution >= 0.6 is 11.6 Å². The topological polar surface area (TPSA) is 90.6 Å². The predicted molar refractivity (Wildman–Crippen MR) is 99.7 cm³/mol. The molecule has 0 radical (unpaired) electrons. The second kappa shape index (κ2) is 8.54. The van der Waals surface area contributed by atoms with Crippen LogP contribution in [-0.4, -0.2) is 52.2 Å². The van der Waals surface area contributed by atoms with Crippen molar-refractivity contribution in [1.82, 2.24) is 20.0 Å². The molecule has 0 bridgehead atoms. The minimum atomic E-state index is -0.549. The Morgan fingerprint density at radius 1 is 1.38 bits per heavy atom. The normalized spacial score (nSPS) is 16.6. The van der Waals surface area contributed by atoms with Gasteiger partial charge in [0.05, 0.1) is 18.2 Å². The van der Waals surface area contributed by atoms with Gasteiger partial charge >= 0.3 is 0 Å². The molecule has 1 amide bonds. The van der Waals surface area contributed by atoms with Crippen molar-refractivity contribution in [2.24, 2.45) is 0 Å². The van der Waals surface area contributed by atoms with Crippen LogP contribution in [0.2, 0.25) is 5.02 Å². The van der Waals surface area contributed by atoms with E-state index in [-0.39, 0.29) is 30.0 Å². The lowest BCUT2D eigenvalue weighted by Gasteiger charge is -2.31. The Kier molecular flexibility index (Phi) is 5.68. The van der Waals surface area contributed by atoms with Crippen molar-refractivity contribution in [3.8, 4) is 17.1 Å². The summed E-state index contributed by atoms with van der Waals surface area (Å²) in [7, 11) is 0. The molecule has 8 nitrogen and oxygen atoms in total. The number of ether oxygens (including phenoxy) is 2. The zero-order valence-electron chi connectivity index (χ0n) is 15.1. The van der Waals surface area contributed by atoms with E-state index in [0.717, 1.165) is 5.56 Å². The van der Waals surface area contributed by atoms with Crippen LogP contribution in [-0.2, 0) is 9.53 Å². The van der Waals surface area contributed by atoms with Gasteiger partial charge in [-0.2, -0.15) is 4.98 Å². The molecule has 10 heteroatoms. The molecule has 0 saturated carbocycles. The van der Waals surface area contributed by atoms with Gasteiger partial charge in [0.1, 0.15) is 11.6 Å². The van der Waals surface area contributed by atoms with E-state index < -0.39 is 11.9 Å². The lowest BCUT2D eigenvalue weighted by Crippen LogP contribution is -2.44. The number of amides is 1. The van der Waals surface area contributed by atoms with Gasteiger partial charge < -0.3 is 18.9 Å². The number of rotatable bonds is 5. The molecule has 0 N–H and O–H groups in total. The van der Waals surface area contributed by atoms with Gasteiger partial charge in [-0.05, 0) is 24.3 Å². The summed E-state index contributed by atoms with van der Waals surface area (Å²) in [6.45, 7) is 0.774. The van der Waals surface area contributed by atoms with Crippen LogP contribution in [0.1, 0.15) is 12.0 Å². The summed E-state index contributed by atoms with van der Waals surface area (Å²) in [5.74, 6) is 0.203. The van der Waals surface area contributed by atoms with Crippen LogP contribution in [0.15, 0.2) is 47.2 Å². The molecule has 3 aromatic rings. The molecule has 1 unspecified atom stereocenters. The molecule has 4 rings (SSSR count). The predicted octanol–water partition coefficient (Wildman–Crippen LogP) is 2.90. The highest BCUT2D eigenvalue weighted by Crippen LogP contribution is 2.24. The average Bonchev–Trinajstić information content (AvgIpc) is 3.25. The van der Waals surface area contributed by atoms with Crippen LogP contribution < -0.4 is 4.74 Å². The Hall–Kier alpha value is -3.04. The number of nitrogens with zero attached hydrogens (tertiary/aromatic N) is 4. The molecule has 1 atom stereocenters. The maximum absolute atomic E-state index is 13.2. The highest BCUT2D eigenvalue weighted by molar-refractivity contribution is 6.30. The smallest absolute Gasteiger partial charge is 0.260 e. The van der Waals surface area contributed by atoms with Gasteiger partial charge in [-0.15, -0.1) is 0 Å². The molecule has 0 spiro atoms. The monoisotopic (exact) mass is 418 g/mol. The lowest BCUT2D eigenvalue weighted by atomic mass is 10.2. The van der Waals surface area contributed by atoms with Crippen molar-refractivity contribution in [2.75, 3.05) is 26.3 Å². The Bertz CT molecular complexity index is 1000. The second-order valence-corrected chi connectivity index (χ2v) is 6.67. The van der Waals surface area contributed by atoms with Gasteiger partial charge in [0, 0.05) is 30.6 Å². The molecule has 1 fully saturated rings. The molecule has 1 aromatic carbocycles. The third-order valence-corrected chi connectivity index (χ3v) is 4.60. The van der Waals surface area contributed by atoms with E-state index in [1.807, 2.05) is 6.07 Å². The van der Waals surface area contributed by atoms with Gasteiger partial charge in [0.15, 0.2) is 12.7 Å². The van der Waals surface area contributed by atoms with Crippen LogP contribution in [0.4, 0.5) is 4.39 Å². The van der Waals surface area contributed by atoms with Crippen molar-refractivity contribution >= 4 is 17.5 Å². The number of carbonyl (C=O) groups excluding carboxylic acids is 1. The van der Waals surface area contributed by atoms with Gasteiger partial charge in [-0.1, -0.05) is 16.8 Å². The van der Waals surface area contributed by atoms with E-state index >= 15 is 0 Å². The highest BCUT2D eigenvalue weighted by Gasteiger charge is 2.29. The Morgan fingerprint density at radius 2 is 2.28 bits per heavy atom. The molecular formula is C19H16ClFN4O4. The second-order valence-electron chi connectivity index (χ2n) is 6.26. The third kappa shape index (κ3) is 4.52. The number of morpholine rings is 1. The van der Waals surface area contributed by atoms with Gasteiger partial charge in [0.25, 0.3) is 11.8 Å². The quantitative estimate of drug-likeness (QED) is 0.629. The standard InChI is InChI=1S/C19H16ClFN4O4/c20-14-8-13(3-4-15(14)21)28-11-17(26)25-6-7-27-16(10-25)19-23-18(24-29-19)12-2-1-5-22-9-12/h1-5,8-9,16H,6-7,10-11H2. The number of hydrogen-bond donors (Lipinski definition) is 0. The number of hydrogen-bond acceptors (Lipinski definition) is 7. The van der Waals surface area contributed by atoms with Gasteiger partial charge in [-0.25, -0.2) is 4.39 Å². The molecular weight excluding hydrogens is 403 g/mol. The van der Waals surface area contributed by atoms with Gasteiger partial charge in [-0.3, -0.25) is 9.78 Å². The van der Waals surface area contributed by atoms with Crippen molar-refractivity contribution in [1.29, 1.82) is 0 Å². The molecule has 1 aliphatic rings. The number of benzene rings is 1. The van der Waals surface area contributed by atoms with Crippen LogP contribution in [0.5, 0.6) is 5.75 Å². The fraction of sp³-hybridized carbons (Fsp3) is 0.263. The zero-order valence-corrected chi connectivity index (χ0v) is 15.9. The van der Waals surface area contributed by atoms with Crippen molar-refractivity contribution in [3.63, 3.8) is 0 Å². The molecule has 150 valence electrons. The number of aromatic nitrogens is 3. The Morgan fingerprint density at radius 3 is 3.07 bits per heavy atom. The first-order valence-corrected chi connectivity index (χ1v) is 9.19. The third-order valence-electron chi connectivity index (χ3n) is 4.31. The maximum Gasteiger partial charge on any atom is 0.260 e. The summed E-state index contributed by atoms with van der Waals surface area (Å²) >= 11 is 5.72. The maximum atomic E-state index is 13.2. The SMILES string of the molecule is O=C(COc1ccc(F)c(Cl)c1)N1CCOC(c2nc(-c3cccnc3)no2)C1. The van der Waals surface area contributed by atoms with Crippen molar-refractivity contribution in [3.05, 3.63) is 59.5 Å². The van der Waals surface area contributed by atoms with E-state index in [9.17, 15) is 9.18 Å². The molecule has 29 heavy (non-hydrogen) atoms. The Balaban J connectivity index is 1.37. The summed E-state index contributed by atoms with van der Waals surface area (Å²) in [6.07, 6.45) is 2.75. The summed E-state index contributed by atoms with van der Waals surface area (Å²) < 4.78 is 29.6. The van der Waals surface area contributed by atoms with E-state index in [4.69, 9.17) is 25.6 Å². The molecule has 1 saturated heterocycles. The molecule has 0 aliphatic carbocycles. The minimum absolute atomic E-state index is 0.0674. The summed E-state index contributed by atoms with van der Waals surface area (Å²) in [6, 6.07) is 7.51. The van der Waals surface area contributed by atoms with Crippen LogP contribution in [0, 0.1) is 5.82 Å². The number of carbonyl (C=O) groups is 1. The zero-order chi connectivity index (χ0) is 20.2. The first-order chi connectivity index (χ1) is 14.1. The van der Waals surface area contributed by atoms with E-state index in [2.05, 4.69) is 15.1 Å². The molecule has 1 aliphatic heterocycles. The molecule has 2 aromatic heterocycles. The first-order valence-electron chi connectivity index (χ1n) is 8.81. The minimum Gasteiger partial charge on any atom is -0.484 e. The average molecular weight is 419 g/mol. The van der Waals surface area contributed by atoms with E-state index in [1.165, 1.54) is 18.2 Å². The van der Waals surface area contributed by atoms with E-state index in [0.29, 0.717) is 24.7 Å². The number of pyridine rings is 1. The largest absolute Gasteiger partial charge is 0.484 e. The summed E-state index contributed by atoms with van der Waals surface area (Å²) in [4.78, 5) is 22.5. The molecule has 3 heterocycles. The van der Waals surface area contributed by atoms with Crippen molar-refractivity contribution < 1.29 is 23.2 Å². The fourth-order valence-corrected chi connectivity index (χ4v) is 2.98.